The number of amides is 1. The average molecular weight is 523 g/mol. The molecule has 1 atom stereocenters. The Balaban J connectivity index is 1.47. The van der Waals surface area contributed by atoms with Gasteiger partial charge in [-0.15, -0.1) is 0 Å². The molecule has 0 spiro atoms. The van der Waals surface area contributed by atoms with E-state index in [-0.39, 0.29) is 5.91 Å². The molecular formula is C28H24Cl2N2O4. The van der Waals surface area contributed by atoms with E-state index in [1.807, 2.05) is 53.6 Å². The largest absolute Gasteiger partial charge is 0.482 e. The number of aromatic nitrogens is 1. The van der Waals surface area contributed by atoms with E-state index >= 15 is 0 Å². The molecule has 1 N–H and O–H groups in total. The fourth-order valence-corrected chi connectivity index (χ4v) is 5.26. The van der Waals surface area contributed by atoms with Crippen molar-refractivity contribution in [3.63, 3.8) is 0 Å². The molecule has 1 unspecified atom stereocenters. The highest BCUT2D eigenvalue weighted by Crippen LogP contribution is 2.40. The molecule has 1 aromatic heterocycles. The highest BCUT2D eigenvalue weighted by atomic mass is 35.5. The number of aryl methyl sites for hydroxylation is 1. The van der Waals surface area contributed by atoms with Crippen LogP contribution in [0.5, 0.6) is 5.75 Å². The lowest BCUT2D eigenvalue weighted by Crippen LogP contribution is -2.41. The number of rotatable bonds is 7. The maximum Gasteiger partial charge on any atom is 0.341 e. The molecule has 0 fully saturated rings. The lowest BCUT2D eigenvalue weighted by molar-refractivity contribution is -0.139. The minimum atomic E-state index is -1.08. The van der Waals surface area contributed by atoms with Gasteiger partial charge in [0.2, 0.25) is 5.91 Å². The van der Waals surface area contributed by atoms with Crippen molar-refractivity contribution < 1.29 is 19.4 Å². The number of carboxylic acids is 1. The molecule has 2 heterocycles. The van der Waals surface area contributed by atoms with Crippen LogP contribution in [-0.2, 0) is 22.6 Å². The molecule has 0 saturated carbocycles. The molecule has 6 nitrogen and oxygen atoms in total. The SMILES string of the molecule is O=C(O)COc1ccc(Cl)cc1C1c2ccccc2CCN1C(=O)CCn1ccc2cc(Cl)ccc21. The molecule has 1 amide bonds. The Bertz CT molecular complexity index is 1450. The number of halogens is 2. The predicted molar refractivity (Wildman–Crippen MR) is 140 cm³/mol. The second-order valence-electron chi connectivity index (χ2n) is 8.77. The molecule has 1 aliphatic heterocycles. The van der Waals surface area contributed by atoms with Gasteiger partial charge in [0.05, 0.1) is 6.04 Å². The zero-order chi connectivity index (χ0) is 25.2. The van der Waals surface area contributed by atoms with Gasteiger partial charge in [0.25, 0.3) is 0 Å². The van der Waals surface area contributed by atoms with Gasteiger partial charge in [-0.25, -0.2) is 4.79 Å². The smallest absolute Gasteiger partial charge is 0.341 e. The van der Waals surface area contributed by atoms with Gasteiger partial charge >= 0.3 is 5.97 Å². The van der Waals surface area contributed by atoms with Crippen molar-refractivity contribution in [2.45, 2.75) is 25.4 Å². The van der Waals surface area contributed by atoms with Gasteiger partial charge in [0.1, 0.15) is 5.75 Å². The van der Waals surface area contributed by atoms with E-state index in [9.17, 15) is 9.59 Å². The molecule has 184 valence electrons. The van der Waals surface area contributed by atoms with Crippen LogP contribution in [0.1, 0.15) is 29.2 Å². The van der Waals surface area contributed by atoms with Gasteiger partial charge in [0, 0.05) is 52.2 Å². The third kappa shape index (κ3) is 4.92. The number of carbonyl (C=O) groups is 2. The lowest BCUT2D eigenvalue weighted by Gasteiger charge is -2.38. The molecule has 0 bridgehead atoms. The summed E-state index contributed by atoms with van der Waals surface area (Å²) in [5.74, 6) is -0.683. The first-order valence-electron chi connectivity index (χ1n) is 11.7. The van der Waals surface area contributed by atoms with Crippen molar-refractivity contribution in [1.29, 1.82) is 0 Å². The quantitative estimate of drug-likeness (QED) is 0.324. The minimum absolute atomic E-state index is 0.00511. The fraction of sp³-hybridized carbons (Fsp3) is 0.214. The van der Waals surface area contributed by atoms with Crippen LogP contribution in [0.2, 0.25) is 10.0 Å². The highest BCUT2D eigenvalue weighted by molar-refractivity contribution is 6.31. The number of hydrogen-bond acceptors (Lipinski definition) is 3. The van der Waals surface area contributed by atoms with Crippen LogP contribution in [0.3, 0.4) is 0 Å². The number of fused-ring (bicyclic) bond motifs is 2. The number of hydrogen-bond donors (Lipinski definition) is 1. The van der Waals surface area contributed by atoms with E-state index in [4.69, 9.17) is 33.0 Å². The third-order valence-corrected chi connectivity index (χ3v) is 6.99. The van der Waals surface area contributed by atoms with Crippen molar-refractivity contribution in [3.8, 4) is 5.75 Å². The summed E-state index contributed by atoms with van der Waals surface area (Å²) in [5.41, 5.74) is 3.82. The van der Waals surface area contributed by atoms with Crippen LogP contribution < -0.4 is 4.74 Å². The molecule has 0 saturated heterocycles. The third-order valence-electron chi connectivity index (χ3n) is 6.52. The summed E-state index contributed by atoms with van der Waals surface area (Å²) in [6.07, 6.45) is 3.00. The van der Waals surface area contributed by atoms with Gasteiger partial charge < -0.3 is 19.3 Å². The number of aliphatic carboxylic acids is 1. The molecule has 0 aliphatic carbocycles. The Morgan fingerprint density at radius 1 is 0.972 bits per heavy atom. The summed E-state index contributed by atoms with van der Waals surface area (Å²) in [5, 5.41) is 11.3. The fourth-order valence-electron chi connectivity index (χ4n) is 4.90. The molecule has 0 radical (unpaired) electrons. The second kappa shape index (κ2) is 10.2. The highest BCUT2D eigenvalue weighted by Gasteiger charge is 2.34. The first-order valence-corrected chi connectivity index (χ1v) is 12.4. The number of benzene rings is 3. The average Bonchev–Trinajstić information content (AvgIpc) is 3.27. The Kier molecular flexibility index (Phi) is 6.90. The van der Waals surface area contributed by atoms with Crippen molar-refractivity contribution in [2.24, 2.45) is 0 Å². The summed E-state index contributed by atoms with van der Waals surface area (Å²) in [6, 6.07) is 20.3. The van der Waals surface area contributed by atoms with Crippen LogP contribution in [0, 0.1) is 0 Å². The maximum atomic E-state index is 13.7. The first-order chi connectivity index (χ1) is 17.4. The van der Waals surface area contributed by atoms with Gasteiger partial charge in [-0.3, -0.25) is 4.79 Å². The van der Waals surface area contributed by atoms with Crippen molar-refractivity contribution in [1.82, 2.24) is 9.47 Å². The second-order valence-corrected chi connectivity index (χ2v) is 9.64. The maximum absolute atomic E-state index is 13.7. The summed E-state index contributed by atoms with van der Waals surface area (Å²) in [7, 11) is 0. The van der Waals surface area contributed by atoms with Crippen molar-refractivity contribution >= 4 is 46.0 Å². The monoisotopic (exact) mass is 522 g/mol. The predicted octanol–water partition coefficient (Wildman–Crippen LogP) is 5.98. The van der Waals surface area contributed by atoms with Crippen molar-refractivity contribution in [2.75, 3.05) is 13.2 Å². The number of ether oxygens (including phenoxy) is 1. The Labute approximate surface area is 218 Å². The molecule has 5 rings (SSSR count). The number of carbonyl (C=O) groups excluding carboxylic acids is 1. The van der Waals surface area contributed by atoms with Gasteiger partial charge in [0.15, 0.2) is 6.61 Å². The van der Waals surface area contributed by atoms with Crippen LogP contribution in [0.25, 0.3) is 10.9 Å². The van der Waals surface area contributed by atoms with Crippen LogP contribution in [0.4, 0.5) is 0 Å². The van der Waals surface area contributed by atoms with E-state index < -0.39 is 18.6 Å². The molecule has 36 heavy (non-hydrogen) atoms. The van der Waals surface area contributed by atoms with E-state index in [0.29, 0.717) is 40.9 Å². The van der Waals surface area contributed by atoms with E-state index in [1.54, 1.807) is 18.2 Å². The zero-order valence-corrected chi connectivity index (χ0v) is 20.9. The lowest BCUT2D eigenvalue weighted by atomic mass is 9.87. The molecule has 4 aromatic rings. The van der Waals surface area contributed by atoms with Crippen molar-refractivity contribution in [3.05, 3.63) is 99.7 Å². The zero-order valence-electron chi connectivity index (χ0n) is 19.4. The van der Waals surface area contributed by atoms with Gasteiger partial charge in [-0.05, 0) is 60.0 Å². The van der Waals surface area contributed by atoms with Crippen LogP contribution in [-0.4, -0.2) is 39.6 Å². The topological polar surface area (TPSA) is 71.8 Å². The Hall–Kier alpha value is -3.48. The molecular weight excluding hydrogens is 499 g/mol. The van der Waals surface area contributed by atoms with E-state index in [0.717, 1.165) is 28.5 Å². The normalized spacial score (nSPS) is 15.1. The summed E-state index contributed by atoms with van der Waals surface area (Å²) >= 11 is 12.5. The summed E-state index contributed by atoms with van der Waals surface area (Å²) in [4.78, 5) is 26.7. The Morgan fingerprint density at radius 3 is 2.58 bits per heavy atom. The summed E-state index contributed by atoms with van der Waals surface area (Å²) in [6.45, 7) is 0.571. The summed E-state index contributed by atoms with van der Waals surface area (Å²) < 4.78 is 7.67. The van der Waals surface area contributed by atoms with Gasteiger partial charge in [-0.1, -0.05) is 47.5 Å². The molecule has 3 aromatic carbocycles. The minimum Gasteiger partial charge on any atom is -0.482 e. The molecule has 1 aliphatic rings. The number of carboxylic acid groups (broad SMARTS) is 1. The van der Waals surface area contributed by atoms with E-state index in [2.05, 4.69) is 10.6 Å². The first kappa shape index (κ1) is 24.2. The Morgan fingerprint density at radius 2 is 1.75 bits per heavy atom. The standard InChI is InChI=1S/C28H24Cl2N2O4/c29-20-5-7-24-19(15-20)9-12-31(24)13-11-26(33)32-14-10-18-3-1-2-4-22(18)28(32)23-16-21(30)6-8-25(23)36-17-27(34)35/h1-9,12,15-16,28H,10-11,13-14,17H2,(H,34,35). The van der Waals surface area contributed by atoms with Crippen LogP contribution >= 0.6 is 23.2 Å². The molecule has 8 heteroatoms. The number of nitrogens with zero attached hydrogens (tertiary/aromatic N) is 2. The van der Waals surface area contributed by atoms with Crippen LogP contribution in [0.15, 0.2) is 72.9 Å². The van der Waals surface area contributed by atoms with Gasteiger partial charge in [-0.2, -0.15) is 0 Å². The van der Waals surface area contributed by atoms with E-state index in [1.165, 1.54) is 0 Å².